The molecule has 2 aromatic heterocycles. The number of benzene rings is 2. The summed E-state index contributed by atoms with van der Waals surface area (Å²) in [6, 6.07) is 16.1. The number of nitrogens with zero attached hydrogens (tertiary/aromatic N) is 3. The molecule has 2 heterocycles. The maximum Gasteiger partial charge on any atom is 0.294 e. The fraction of sp³-hybridized carbons (Fsp3) is 0.0833. The molecular formula is C24H20FN5O2. The van der Waals surface area contributed by atoms with Crippen LogP contribution in [0.25, 0.3) is 11.3 Å². The van der Waals surface area contributed by atoms with Gasteiger partial charge in [-0.25, -0.2) is 4.39 Å². The Morgan fingerprint density at radius 3 is 2.47 bits per heavy atom. The van der Waals surface area contributed by atoms with Gasteiger partial charge < -0.3 is 5.32 Å². The van der Waals surface area contributed by atoms with Gasteiger partial charge in [0.05, 0.1) is 17.6 Å². The van der Waals surface area contributed by atoms with Crippen LogP contribution in [-0.2, 0) is 0 Å². The zero-order valence-corrected chi connectivity index (χ0v) is 17.5. The number of aromatic amines is 1. The van der Waals surface area contributed by atoms with Crippen LogP contribution < -0.4 is 10.9 Å². The Labute approximate surface area is 183 Å². The largest absolute Gasteiger partial charge is 0.317 e. The lowest BCUT2D eigenvalue weighted by molar-refractivity contribution is 0.102. The smallest absolute Gasteiger partial charge is 0.294 e. The van der Waals surface area contributed by atoms with Crippen LogP contribution in [0.4, 0.5) is 10.1 Å². The van der Waals surface area contributed by atoms with E-state index in [1.165, 1.54) is 23.0 Å². The molecule has 0 spiro atoms. The van der Waals surface area contributed by atoms with Gasteiger partial charge in [-0.3, -0.25) is 14.7 Å². The fourth-order valence-electron chi connectivity index (χ4n) is 3.17. The molecular weight excluding hydrogens is 409 g/mol. The third kappa shape index (κ3) is 4.39. The molecule has 0 saturated heterocycles. The van der Waals surface area contributed by atoms with Gasteiger partial charge in [-0.1, -0.05) is 29.8 Å². The van der Waals surface area contributed by atoms with E-state index in [4.69, 9.17) is 0 Å². The van der Waals surface area contributed by atoms with Crippen LogP contribution in [0.3, 0.4) is 0 Å². The average molecular weight is 429 g/mol. The van der Waals surface area contributed by atoms with E-state index in [0.717, 1.165) is 5.56 Å². The number of hydrogen-bond donors (Lipinski definition) is 2. The van der Waals surface area contributed by atoms with Crippen LogP contribution in [0.2, 0.25) is 0 Å². The zero-order valence-electron chi connectivity index (χ0n) is 17.5. The van der Waals surface area contributed by atoms with Crippen LogP contribution in [0.5, 0.6) is 0 Å². The highest BCUT2D eigenvalue weighted by molar-refractivity contribution is 6.04. The van der Waals surface area contributed by atoms with E-state index in [1.807, 2.05) is 19.1 Å². The minimum atomic E-state index is -0.496. The molecule has 32 heavy (non-hydrogen) atoms. The molecule has 2 N–H and O–H groups in total. The molecule has 0 bridgehead atoms. The Morgan fingerprint density at radius 1 is 1.09 bits per heavy atom. The van der Waals surface area contributed by atoms with Gasteiger partial charge in [0.25, 0.3) is 11.5 Å². The Kier molecular flexibility index (Phi) is 5.76. The van der Waals surface area contributed by atoms with Crippen molar-refractivity contribution in [2.75, 3.05) is 5.32 Å². The third-order valence-corrected chi connectivity index (χ3v) is 4.96. The molecule has 0 saturated carbocycles. The SMILES string of the molecule is Cc1ccc(C(=O)Nc2cc(-c3ccn[nH]3)c(C)n(/N=C/c3ccc(F)cc3)c2=O)cc1. The van der Waals surface area contributed by atoms with E-state index in [-0.39, 0.29) is 11.5 Å². The molecule has 0 radical (unpaired) electrons. The minimum Gasteiger partial charge on any atom is -0.317 e. The number of H-pyrrole nitrogens is 1. The molecule has 1 amide bonds. The monoisotopic (exact) mass is 429 g/mol. The number of rotatable bonds is 5. The summed E-state index contributed by atoms with van der Waals surface area (Å²) in [6.45, 7) is 3.67. The van der Waals surface area contributed by atoms with Crippen molar-refractivity contribution in [3.05, 3.63) is 105 Å². The van der Waals surface area contributed by atoms with E-state index < -0.39 is 11.5 Å². The predicted octanol–water partition coefficient (Wildman–Crippen LogP) is 4.13. The summed E-state index contributed by atoms with van der Waals surface area (Å²) in [7, 11) is 0. The second-order valence-corrected chi connectivity index (χ2v) is 7.26. The van der Waals surface area contributed by atoms with Crippen LogP contribution in [0.1, 0.15) is 27.2 Å². The number of nitrogens with one attached hydrogen (secondary N) is 2. The van der Waals surface area contributed by atoms with Gasteiger partial charge in [0.15, 0.2) is 0 Å². The number of carbonyl (C=O) groups is 1. The summed E-state index contributed by atoms with van der Waals surface area (Å²) in [5.74, 6) is -0.770. The van der Waals surface area contributed by atoms with Crippen molar-refractivity contribution < 1.29 is 9.18 Å². The first-order chi connectivity index (χ1) is 15.4. The van der Waals surface area contributed by atoms with Crippen LogP contribution in [0, 0.1) is 19.7 Å². The van der Waals surface area contributed by atoms with Crippen molar-refractivity contribution in [3.63, 3.8) is 0 Å². The van der Waals surface area contributed by atoms with Gasteiger partial charge >= 0.3 is 0 Å². The standard InChI is InChI=1S/C24H20FN5O2/c1-15-3-7-18(8-4-15)23(31)28-22-13-20(21-11-12-26-29-21)16(2)30(24(22)32)27-14-17-5-9-19(25)10-6-17/h3-14H,1-2H3,(H,26,29)(H,28,31)/b27-14+. The molecule has 0 aliphatic carbocycles. The van der Waals surface area contributed by atoms with Crippen molar-refractivity contribution >= 4 is 17.8 Å². The first kappa shape index (κ1) is 20.9. The van der Waals surface area contributed by atoms with E-state index in [0.29, 0.717) is 28.1 Å². The number of amides is 1. The van der Waals surface area contributed by atoms with Gasteiger partial charge in [0.1, 0.15) is 11.5 Å². The molecule has 8 heteroatoms. The van der Waals surface area contributed by atoms with Crippen molar-refractivity contribution in [2.45, 2.75) is 13.8 Å². The van der Waals surface area contributed by atoms with E-state index >= 15 is 0 Å². The van der Waals surface area contributed by atoms with Gasteiger partial charge in [-0.2, -0.15) is 14.9 Å². The number of carbonyl (C=O) groups excluding carboxylic acids is 1. The third-order valence-electron chi connectivity index (χ3n) is 4.96. The Bertz CT molecular complexity index is 1340. The molecule has 0 aliphatic heterocycles. The van der Waals surface area contributed by atoms with Crippen LogP contribution >= 0.6 is 0 Å². The molecule has 4 rings (SSSR count). The summed E-state index contributed by atoms with van der Waals surface area (Å²) in [4.78, 5) is 25.9. The number of pyridine rings is 1. The highest BCUT2D eigenvalue weighted by atomic mass is 19.1. The normalized spacial score (nSPS) is 11.1. The van der Waals surface area contributed by atoms with Crippen molar-refractivity contribution in [3.8, 4) is 11.3 Å². The van der Waals surface area contributed by atoms with Crippen molar-refractivity contribution in [2.24, 2.45) is 5.10 Å². The molecule has 0 aliphatic rings. The zero-order chi connectivity index (χ0) is 22.7. The number of halogens is 1. The lowest BCUT2D eigenvalue weighted by atomic mass is 10.1. The second kappa shape index (κ2) is 8.81. The van der Waals surface area contributed by atoms with Gasteiger partial charge in [0, 0.05) is 17.3 Å². The van der Waals surface area contributed by atoms with E-state index in [2.05, 4.69) is 20.6 Å². The van der Waals surface area contributed by atoms with Crippen molar-refractivity contribution in [1.82, 2.24) is 14.9 Å². The highest BCUT2D eigenvalue weighted by Crippen LogP contribution is 2.23. The lowest BCUT2D eigenvalue weighted by Gasteiger charge is -2.13. The number of aryl methyl sites for hydroxylation is 1. The Balaban J connectivity index is 1.77. The molecule has 4 aromatic rings. The Hall–Kier alpha value is -4.33. The lowest BCUT2D eigenvalue weighted by Crippen LogP contribution is -2.26. The molecule has 0 fully saturated rings. The average Bonchev–Trinajstić information content (AvgIpc) is 3.32. The molecule has 160 valence electrons. The van der Waals surface area contributed by atoms with Gasteiger partial charge in [-0.05, 0) is 55.8 Å². The second-order valence-electron chi connectivity index (χ2n) is 7.26. The van der Waals surface area contributed by atoms with E-state index in [1.54, 1.807) is 49.5 Å². The first-order valence-corrected chi connectivity index (χ1v) is 9.87. The number of hydrogen-bond acceptors (Lipinski definition) is 4. The predicted molar refractivity (Wildman–Crippen MR) is 122 cm³/mol. The summed E-state index contributed by atoms with van der Waals surface area (Å²) in [5, 5.41) is 13.8. The summed E-state index contributed by atoms with van der Waals surface area (Å²) in [5.41, 5.74) is 3.51. The highest BCUT2D eigenvalue weighted by Gasteiger charge is 2.16. The summed E-state index contributed by atoms with van der Waals surface area (Å²) in [6.07, 6.45) is 3.05. The van der Waals surface area contributed by atoms with Crippen LogP contribution in [0.15, 0.2) is 76.8 Å². The van der Waals surface area contributed by atoms with Crippen LogP contribution in [-0.4, -0.2) is 27.0 Å². The molecule has 0 unspecified atom stereocenters. The van der Waals surface area contributed by atoms with E-state index in [9.17, 15) is 14.0 Å². The maximum atomic E-state index is 13.2. The fourth-order valence-corrected chi connectivity index (χ4v) is 3.17. The van der Waals surface area contributed by atoms with Gasteiger partial charge in [-0.15, -0.1) is 0 Å². The number of aromatic nitrogens is 3. The molecule has 2 aromatic carbocycles. The quantitative estimate of drug-likeness (QED) is 0.467. The number of anilines is 1. The topological polar surface area (TPSA) is 92.1 Å². The molecule has 0 atom stereocenters. The first-order valence-electron chi connectivity index (χ1n) is 9.87. The molecule has 7 nitrogen and oxygen atoms in total. The van der Waals surface area contributed by atoms with Crippen molar-refractivity contribution in [1.29, 1.82) is 0 Å². The maximum absolute atomic E-state index is 13.2. The summed E-state index contributed by atoms with van der Waals surface area (Å²) < 4.78 is 14.4. The summed E-state index contributed by atoms with van der Waals surface area (Å²) >= 11 is 0. The minimum absolute atomic E-state index is 0.0713. The Morgan fingerprint density at radius 2 is 1.81 bits per heavy atom. The van der Waals surface area contributed by atoms with Gasteiger partial charge in [0.2, 0.25) is 0 Å².